The van der Waals surface area contributed by atoms with Crippen LogP contribution < -0.4 is 5.32 Å². The van der Waals surface area contributed by atoms with Gasteiger partial charge < -0.3 is 15.1 Å². The fourth-order valence-electron chi connectivity index (χ4n) is 4.62. The number of fused-ring (bicyclic) bond motifs is 1. The molecule has 1 fully saturated rings. The van der Waals surface area contributed by atoms with Crippen molar-refractivity contribution < 1.29 is 4.79 Å². The Balaban J connectivity index is 1.68. The molecule has 1 amide bonds. The van der Waals surface area contributed by atoms with E-state index in [1.54, 1.807) is 6.92 Å². The Labute approximate surface area is 179 Å². The van der Waals surface area contributed by atoms with Crippen LogP contribution in [0.4, 0.5) is 5.82 Å². The molecule has 0 bridgehead atoms. The minimum absolute atomic E-state index is 0.0116. The zero-order valence-electron chi connectivity index (χ0n) is 18.7. The average Bonchev–Trinajstić information content (AvgIpc) is 2.74. The van der Waals surface area contributed by atoms with Crippen LogP contribution in [-0.2, 0) is 24.3 Å². The highest BCUT2D eigenvalue weighted by molar-refractivity contribution is 5.73. The molecule has 1 aromatic carbocycles. The Hall–Kier alpha value is -2.47. The maximum absolute atomic E-state index is 12.2. The summed E-state index contributed by atoms with van der Waals surface area (Å²) in [4.78, 5) is 26.5. The van der Waals surface area contributed by atoms with Gasteiger partial charge in [-0.3, -0.25) is 4.79 Å². The average molecular weight is 408 g/mol. The molecule has 0 saturated carbocycles. The van der Waals surface area contributed by atoms with E-state index < -0.39 is 0 Å². The molecule has 30 heavy (non-hydrogen) atoms. The highest BCUT2D eigenvalue weighted by Gasteiger charge is 2.30. The van der Waals surface area contributed by atoms with Gasteiger partial charge in [-0.25, -0.2) is 9.97 Å². The summed E-state index contributed by atoms with van der Waals surface area (Å²) in [7, 11) is 2.14. The lowest BCUT2D eigenvalue weighted by Gasteiger charge is -2.35. The molecule has 0 spiro atoms. The van der Waals surface area contributed by atoms with Crippen LogP contribution >= 0.6 is 0 Å². The van der Waals surface area contributed by atoms with Crippen molar-refractivity contribution in [3.05, 3.63) is 52.0 Å². The number of benzene rings is 1. The predicted molar refractivity (Wildman–Crippen MR) is 119 cm³/mol. The maximum atomic E-state index is 12.2. The van der Waals surface area contributed by atoms with Gasteiger partial charge in [0.2, 0.25) is 5.91 Å². The van der Waals surface area contributed by atoms with Crippen molar-refractivity contribution in [3.63, 3.8) is 0 Å². The highest BCUT2D eigenvalue weighted by Crippen LogP contribution is 2.32. The van der Waals surface area contributed by atoms with Gasteiger partial charge in [0.05, 0.1) is 11.7 Å². The first kappa shape index (κ1) is 20.8. The van der Waals surface area contributed by atoms with Gasteiger partial charge in [-0.05, 0) is 56.8 Å². The second-order valence-electron chi connectivity index (χ2n) is 8.78. The third-order valence-corrected chi connectivity index (χ3v) is 6.64. The quantitative estimate of drug-likeness (QED) is 0.836. The van der Waals surface area contributed by atoms with Crippen molar-refractivity contribution in [3.8, 4) is 0 Å². The number of nitrogens with one attached hydrogen (secondary N) is 1. The summed E-state index contributed by atoms with van der Waals surface area (Å²) in [5.74, 6) is 1.85. The molecule has 3 heterocycles. The van der Waals surface area contributed by atoms with Crippen molar-refractivity contribution in [2.45, 2.75) is 65.6 Å². The van der Waals surface area contributed by atoms with Crippen LogP contribution in [0.3, 0.4) is 0 Å². The standard InChI is InChI=1S/C24H33N5O/c1-16-8-7-9-19(17(16)2)14-25-23-20-15-28(4)13-11-21(20)26-24(27-23)22-10-5-6-12-29(22)18(3)30/h7-9,22H,5-6,10-15H2,1-4H3,(H,25,26,27)/t22-/m0/s1. The van der Waals surface area contributed by atoms with Gasteiger partial charge in [-0.1, -0.05) is 18.2 Å². The van der Waals surface area contributed by atoms with Crippen LogP contribution in [0.5, 0.6) is 0 Å². The van der Waals surface area contributed by atoms with Gasteiger partial charge in [0.15, 0.2) is 5.82 Å². The summed E-state index contributed by atoms with van der Waals surface area (Å²) >= 11 is 0. The lowest BCUT2D eigenvalue weighted by Crippen LogP contribution is -2.38. The number of likely N-dealkylation sites (N-methyl/N-ethyl adjacent to an activating group) is 1. The number of nitrogens with zero attached hydrogens (tertiary/aromatic N) is 4. The highest BCUT2D eigenvalue weighted by atomic mass is 16.2. The molecule has 0 radical (unpaired) electrons. The van der Waals surface area contributed by atoms with Crippen LogP contribution in [0.25, 0.3) is 0 Å². The Kier molecular flexibility index (Phi) is 6.04. The van der Waals surface area contributed by atoms with Crippen LogP contribution in [0.2, 0.25) is 0 Å². The van der Waals surface area contributed by atoms with E-state index in [1.165, 1.54) is 22.3 Å². The van der Waals surface area contributed by atoms with Gasteiger partial charge >= 0.3 is 0 Å². The number of amides is 1. The number of hydrogen-bond acceptors (Lipinski definition) is 5. The van der Waals surface area contributed by atoms with Gasteiger partial charge in [-0.15, -0.1) is 0 Å². The van der Waals surface area contributed by atoms with Gasteiger partial charge in [0.1, 0.15) is 5.82 Å². The first-order valence-corrected chi connectivity index (χ1v) is 11.1. The molecule has 160 valence electrons. The van der Waals surface area contributed by atoms with E-state index in [0.717, 1.165) is 69.2 Å². The molecule has 4 rings (SSSR count). The molecule has 6 nitrogen and oxygen atoms in total. The summed E-state index contributed by atoms with van der Waals surface area (Å²) in [6, 6.07) is 6.43. The molecular weight excluding hydrogens is 374 g/mol. The number of rotatable bonds is 4. The number of hydrogen-bond donors (Lipinski definition) is 1. The third kappa shape index (κ3) is 4.19. The Morgan fingerprint density at radius 2 is 2.03 bits per heavy atom. The lowest BCUT2D eigenvalue weighted by atomic mass is 10.00. The topological polar surface area (TPSA) is 61.4 Å². The summed E-state index contributed by atoms with van der Waals surface area (Å²) in [6.45, 7) is 9.37. The first-order valence-electron chi connectivity index (χ1n) is 11.1. The second-order valence-corrected chi connectivity index (χ2v) is 8.78. The number of carbonyl (C=O) groups excluding carboxylic acids is 1. The molecule has 1 atom stereocenters. The molecule has 2 aliphatic heterocycles. The van der Waals surface area contributed by atoms with E-state index in [0.29, 0.717) is 0 Å². The SMILES string of the molecule is CC(=O)N1CCCC[C@H]1c1nc2c(c(NCc3cccc(C)c3C)n1)CN(C)CC2. The summed E-state index contributed by atoms with van der Waals surface area (Å²) in [6.07, 6.45) is 4.04. The van der Waals surface area contributed by atoms with Crippen LogP contribution in [0.15, 0.2) is 18.2 Å². The minimum atomic E-state index is -0.0116. The van der Waals surface area contributed by atoms with E-state index in [-0.39, 0.29) is 11.9 Å². The van der Waals surface area contributed by atoms with Crippen molar-refractivity contribution in [2.75, 3.05) is 25.5 Å². The largest absolute Gasteiger partial charge is 0.366 e. The summed E-state index contributed by atoms with van der Waals surface area (Å²) < 4.78 is 0. The third-order valence-electron chi connectivity index (χ3n) is 6.64. The van der Waals surface area contributed by atoms with Crippen molar-refractivity contribution in [2.24, 2.45) is 0 Å². The molecule has 2 aliphatic rings. The van der Waals surface area contributed by atoms with E-state index >= 15 is 0 Å². The molecular formula is C24H33N5O. The van der Waals surface area contributed by atoms with E-state index in [9.17, 15) is 4.79 Å². The maximum Gasteiger partial charge on any atom is 0.220 e. The Morgan fingerprint density at radius 3 is 2.83 bits per heavy atom. The van der Waals surface area contributed by atoms with Crippen molar-refractivity contribution in [1.82, 2.24) is 19.8 Å². The van der Waals surface area contributed by atoms with Crippen LogP contribution in [-0.4, -0.2) is 45.8 Å². The molecule has 6 heteroatoms. The van der Waals surface area contributed by atoms with Gasteiger partial charge in [0, 0.05) is 45.1 Å². The number of anilines is 1. The van der Waals surface area contributed by atoms with Crippen LogP contribution in [0, 0.1) is 13.8 Å². The number of aryl methyl sites for hydroxylation is 1. The predicted octanol–water partition coefficient (Wildman–Crippen LogP) is 3.77. The normalized spacial score (nSPS) is 19.5. The number of carbonyl (C=O) groups is 1. The molecule has 2 aromatic rings. The minimum Gasteiger partial charge on any atom is -0.366 e. The fourth-order valence-corrected chi connectivity index (χ4v) is 4.62. The molecule has 1 saturated heterocycles. The van der Waals surface area contributed by atoms with E-state index in [1.807, 2.05) is 4.90 Å². The smallest absolute Gasteiger partial charge is 0.220 e. The fraction of sp³-hybridized carbons (Fsp3) is 0.542. The van der Waals surface area contributed by atoms with Crippen LogP contribution in [0.1, 0.15) is 66.0 Å². The first-order chi connectivity index (χ1) is 14.4. The zero-order chi connectivity index (χ0) is 21.3. The Morgan fingerprint density at radius 1 is 1.20 bits per heavy atom. The van der Waals surface area contributed by atoms with E-state index in [2.05, 4.69) is 49.3 Å². The number of aromatic nitrogens is 2. The summed E-state index contributed by atoms with van der Waals surface area (Å²) in [5.41, 5.74) is 6.24. The zero-order valence-corrected chi connectivity index (χ0v) is 18.7. The molecule has 1 N–H and O–H groups in total. The molecule has 0 aliphatic carbocycles. The Bertz CT molecular complexity index is 941. The van der Waals surface area contributed by atoms with Gasteiger partial charge in [0.25, 0.3) is 0 Å². The van der Waals surface area contributed by atoms with Gasteiger partial charge in [-0.2, -0.15) is 0 Å². The molecule has 1 aromatic heterocycles. The monoisotopic (exact) mass is 407 g/mol. The second kappa shape index (κ2) is 8.72. The summed E-state index contributed by atoms with van der Waals surface area (Å²) in [5, 5.41) is 3.62. The van der Waals surface area contributed by atoms with Crippen molar-refractivity contribution in [1.29, 1.82) is 0 Å². The van der Waals surface area contributed by atoms with E-state index in [4.69, 9.17) is 9.97 Å². The number of piperidine rings is 1. The van der Waals surface area contributed by atoms with Crippen molar-refractivity contribution >= 4 is 11.7 Å². The lowest BCUT2D eigenvalue weighted by molar-refractivity contribution is -0.132. The number of likely N-dealkylation sites (tertiary alicyclic amines) is 1. The molecule has 0 unspecified atom stereocenters.